The van der Waals surface area contributed by atoms with Crippen LogP contribution in [-0.2, 0) is 4.79 Å². The number of furan rings is 1. The summed E-state index contributed by atoms with van der Waals surface area (Å²) in [6.07, 6.45) is 1.43. The summed E-state index contributed by atoms with van der Waals surface area (Å²) >= 11 is 5.58. The van der Waals surface area contributed by atoms with E-state index in [9.17, 15) is 10.1 Å². The van der Waals surface area contributed by atoms with Gasteiger partial charge in [-0.1, -0.05) is 34.1 Å². The Morgan fingerprint density at radius 2 is 1.92 bits per heavy atom. The molecule has 0 aliphatic rings. The van der Waals surface area contributed by atoms with E-state index in [0.717, 1.165) is 13.6 Å². The van der Waals surface area contributed by atoms with Crippen molar-refractivity contribution in [3.05, 3.63) is 80.0 Å². The average Bonchev–Trinajstić information content (AvgIpc) is 3.09. The van der Waals surface area contributed by atoms with E-state index in [1.54, 1.807) is 24.3 Å². The highest BCUT2D eigenvalue weighted by Gasteiger charge is 2.11. The molecule has 4 nitrogen and oxygen atoms in total. The van der Waals surface area contributed by atoms with Crippen LogP contribution in [0.3, 0.4) is 0 Å². The fraction of sp³-hybridized carbons (Fsp3) is 0. The van der Waals surface area contributed by atoms with Crippen molar-refractivity contribution in [2.45, 2.75) is 0 Å². The Kier molecular flexibility index (Phi) is 5.91. The van der Waals surface area contributed by atoms with Crippen LogP contribution in [0.25, 0.3) is 17.4 Å². The predicted octanol–water partition coefficient (Wildman–Crippen LogP) is 5.86. The smallest absolute Gasteiger partial charge is 0.266 e. The first kappa shape index (κ1) is 18.4. The van der Waals surface area contributed by atoms with Crippen LogP contribution >= 0.6 is 38.5 Å². The van der Waals surface area contributed by atoms with Crippen LogP contribution in [0.5, 0.6) is 0 Å². The molecule has 128 valence electrons. The highest BCUT2D eigenvalue weighted by Crippen LogP contribution is 2.24. The minimum absolute atomic E-state index is 0.0338. The molecule has 1 aromatic heterocycles. The Hall–Kier alpha value is -2.37. The summed E-state index contributed by atoms with van der Waals surface area (Å²) in [6.45, 7) is 0. The number of nitriles is 1. The van der Waals surface area contributed by atoms with Crippen LogP contribution in [0.4, 0.5) is 5.69 Å². The molecule has 1 amide bonds. The lowest BCUT2D eigenvalue weighted by atomic mass is 10.2. The van der Waals surface area contributed by atoms with Crippen molar-refractivity contribution in [1.82, 2.24) is 0 Å². The van der Waals surface area contributed by atoms with Crippen molar-refractivity contribution in [3.63, 3.8) is 0 Å². The molecule has 26 heavy (non-hydrogen) atoms. The maximum Gasteiger partial charge on any atom is 0.266 e. The number of nitrogens with one attached hydrogen (secondary N) is 1. The van der Waals surface area contributed by atoms with Crippen LogP contribution in [0.2, 0.25) is 0 Å². The molecular formula is C20H12BrIN2O2. The van der Waals surface area contributed by atoms with E-state index in [2.05, 4.69) is 43.8 Å². The van der Waals surface area contributed by atoms with Gasteiger partial charge < -0.3 is 9.73 Å². The highest BCUT2D eigenvalue weighted by molar-refractivity contribution is 14.1. The monoisotopic (exact) mass is 518 g/mol. The molecular weight excluding hydrogens is 507 g/mol. The molecule has 3 rings (SSSR count). The molecule has 0 atom stereocenters. The van der Waals surface area contributed by atoms with Crippen LogP contribution < -0.4 is 5.32 Å². The van der Waals surface area contributed by atoms with Crippen molar-refractivity contribution >= 4 is 56.2 Å². The Bertz CT molecular complexity index is 1020. The summed E-state index contributed by atoms with van der Waals surface area (Å²) in [4.78, 5) is 12.3. The van der Waals surface area contributed by atoms with E-state index >= 15 is 0 Å². The summed E-state index contributed by atoms with van der Waals surface area (Å²) in [5.41, 5.74) is 1.50. The topological polar surface area (TPSA) is 66.0 Å². The van der Waals surface area contributed by atoms with Gasteiger partial charge in [0.15, 0.2) is 0 Å². The van der Waals surface area contributed by atoms with Gasteiger partial charge in [-0.05, 0) is 65.1 Å². The molecule has 0 fully saturated rings. The normalized spacial score (nSPS) is 11.0. The molecule has 0 radical (unpaired) electrons. The number of carbonyl (C=O) groups excluding carboxylic acids is 1. The number of nitrogens with zero attached hydrogens (tertiary/aromatic N) is 1. The summed E-state index contributed by atoms with van der Waals surface area (Å²) in [5, 5.41) is 12.0. The number of benzene rings is 2. The maximum absolute atomic E-state index is 12.3. The average molecular weight is 519 g/mol. The van der Waals surface area contributed by atoms with Gasteiger partial charge in [-0.15, -0.1) is 0 Å². The molecule has 2 aromatic carbocycles. The zero-order chi connectivity index (χ0) is 18.5. The van der Waals surface area contributed by atoms with E-state index in [0.29, 0.717) is 17.2 Å². The number of rotatable bonds is 4. The maximum atomic E-state index is 12.3. The number of hydrogen-bond donors (Lipinski definition) is 1. The molecule has 0 bridgehead atoms. The van der Waals surface area contributed by atoms with Crippen molar-refractivity contribution in [2.75, 3.05) is 5.32 Å². The van der Waals surface area contributed by atoms with Gasteiger partial charge in [0.05, 0.1) is 0 Å². The molecule has 0 saturated carbocycles. The zero-order valence-corrected chi connectivity index (χ0v) is 17.1. The summed E-state index contributed by atoms with van der Waals surface area (Å²) in [6, 6.07) is 20.5. The van der Waals surface area contributed by atoms with Crippen LogP contribution in [0.15, 0.2) is 75.1 Å². The number of carbonyl (C=O) groups is 1. The first-order valence-corrected chi connectivity index (χ1v) is 9.47. The molecule has 1 N–H and O–H groups in total. The van der Waals surface area contributed by atoms with E-state index in [1.807, 2.05) is 42.5 Å². The van der Waals surface area contributed by atoms with Gasteiger partial charge >= 0.3 is 0 Å². The van der Waals surface area contributed by atoms with E-state index in [4.69, 9.17) is 4.42 Å². The minimum atomic E-state index is -0.488. The van der Waals surface area contributed by atoms with Gasteiger partial charge in [-0.2, -0.15) is 5.26 Å². The fourth-order valence-electron chi connectivity index (χ4n) is 2.26. The number of hydrogen-bond acceptors (Lipinski definition) is 3. The fourth-order valence-corrected chi connectivity index (χ4v) is 3.01. The van der Waals surface area contributed by atoms with Gasteiger partial charge in [0, 0.05) is 25.4 Å². The Balaban J connectivity index is 1.80. The highest BCUT2D eigenvalue weighted by atomic mass is 127. The van der Waals surface area contributed by atoms with Crippen molar-refractivity contribution < 1.29 is 9.21 Å². The van der Waals surface area contributed by atoms with Crippen molar-refractivity contribution in [1.29, 1.82) is 5.26 Å². The third-order valence-corrected chi connectivity index (χ3v) is 4.70. The summed E-state index contributed by atoms with van der Waals surface area (Å²) in [7, 11) is 0. The van der Waals surface area contributed by atoms with Crippen LogP contribution in [-0.4, -0.2) is 5.91 Å². The molecule has 0 saturated heterocycles. The standard InChI is InChI=1S/C20H12BrIN2O2/c21-15-2-1-3-17(11-15)24-20(25)14(12-23)10-18-8-9-19(26-18)13-4-6-16(22)7-5-13/h1-11H,(H,24,25)/b14-10-. The summed E-state index contributed by atoms with van der Waals surface area (Å²) < 4.78 is 7.72. The van der Waals surface area contributed by atoms with E-state index in [1.165, 1.54) is 6.08 Å². The van der Waals surface area contributed by atoms with Crippen LogP contribution in [0, 0.1) is 14.9 Å². The lowest BCUT2D eigenvalue weighted by Crippen LogP contribution is -2.13. The Morgan fingerprint density at radius 3 is 2.62 bits per heavy atom. The van der Waals surface area contributed by atoms with Gasteiger partial charge in [0.25, 0.3) is 5.91 Å². The molecule has 0 unspecified atom stereocenters. The second-order valence-corrected chi connectivity index (χ2v) is 7.50. The molecule has 0 aliphatic carbocycles. The van der Waals surface area contributed by atoms with Gasteiger partial charge in [0.1, 0.15) is 23.2 Å². The molecule has 0 spiro atoms. The van der Waals surface area contributed by atoms with Crippen molar-refractivity contribution in [3.8, 4) is 17.4 Å². The van der Waals surface area contributed by atoms with E-state index < -0.39 is 5.91 Å². The first-order valence-electron chi connectivity index (χ1n) is 7.59. The Morgan fingerprint density at radius 1 is 1.15 bits per heavy atom. The quantitative estimate of drug-likeness (QED) is 0.267. The van der Waals surface area contributed by atoms with E-state index in [-0.39, 0.29) is 5.57 Å². The number of halogens is 2. The van der Waals surface area contributed by atoms with Crippen molar-refractivity contribution in [2.24, 2.45) is 0 Å². The lowest BCUT2D eigenvalue weighted by Gasteiger charge is -2.04. The minimum Gasteiger partial charge on any atom is -0.457 e. The largest absolute Gasteiger partial charge is 0.457 e. The number of anilines is 1. The SMILES string of the molecule is N#C/C(=C/c1ccc(-c2ccc(I)cc2)o1)C(=O)Nc1cccc(Br)c1. The molecule has 1 heterocycles. The zero-order valence-electron chi connectivity index (χ0n) is 13.4. The third-order valence-electron chi connectivity index (χ3n) is 3.49. The molecule has 6 heteroatoms. The Labute approximate surface area is 172 Å². The molecule has 0 aliphatic heterocycles. The lowest BCUT2D eigenvalue weighted by molar-refractivity contribution is -0.112. The second-order valence-electron chi connectivity index (χ2n) is 5.34. The predicted molar refractivity (Wildman–Crippen MR) is 113 cm³/mol. The van der Waals surface area contributed by atoms with Crippen LogP contribution in [0.1, 0.15) is 5.76 Å². The van der Waals surface area contributed by atoms with Gasteiger partial charge in [-0.3, -0.25) is 4.79 Å². The summed E-state index contributed by atoms with van der Waals surface area (Å²) in [5.74, 6) is 0.634. The van der Waals surface area contributed by atoms with Gasteiger partial charge in [-0.25, -0.2) is 0 Å². The third kappa shape index (κ3) is 4.62. The molecule has 3 aromatic rings. The first-order chi connectivity index (χ1) is 12.5. The number of amides is 1. The second kappa shape index (κ2) is 8.34. The van der Waals surface area contributed by atoms with Gasteiger partial charge in [0.2, 0.25) is 0 Å².